The first-order valence-corrected chi connectivity index (χ1v) is 10.7. The molecule has 26 heavy (non-hydrogen) atoms. The van der Waals surface area contributed by atoms with Crippen LogP contribution in [0.1, 0.15) is 13.3 Å². The van der Waals surface area contributed by atoms with E-state index in [9.17, 15) is 13.2 Å². The van der Waals surface area contributed by atoms with E-state index < -0.39 is 15.4 Å². The Morgan fingerprint density at radius 2 is 2.00 bits per heavy atom. The number of benzene rings is 1. The number of ether oxygens (including phenoxy) is 1. The van der Waals surface area contributed by atoms with E-state index in [-0.39, 0.29) is 17.4 Å². The van der Waals surface area contributed by atoms with Gasteiger partial charge in [0.05, 0.1) is 30.7 Å². The predicted molar refractivity (Wildman–Crippen MR) is 101 cm³/mol. The van der Waals surface area contributed by atoms with Gasteiger partial charge < -0.3 is 15.0 Å². The number of hydrogen-bond donors (Lipinski definition) is 1. The lowest BCUT2D eigenvalue weighted by atomic mass is 10.0. The number of amides is 1. The third kappa shape index (κ3) is 4.67. The maximum atomic E-state index is 12.3. The second-order valence-electron chi connectivity index (χ2n) is 7.42. The van der Waals surface area contributed by atoms with Gasteiger partial charge in [-0.05, 0) is 25.5 Å². The zero-order valence-corrected chi connectivity index (χ0v) is 16.2. The molecule has 2 saturated heterocycles. The number of nitrogens with one attached hydrogen (secondary N) is 1. The number of nitrogens with zero attached hydrogens (tertiary/aromatic N) is 2. The fourth-order valence-corrected chi connectivity index (χ4v) is 5.75. The van der Waals surface area contributed by atoms with Crippen LogP contribution in [-0.2, 0) is 14.6 Å². The van der Waals surface area contributed by atoms with Crippen LogP contribution < -0.4 is 15.0 Å². The third-order valence-electron chi connectivity index (χ3n) is 5.10. The van der Waals surface area contributed by atoms with Crippen LogP contribution in [0.3, 0.4) is 0 Å². The Bertz CT molecular complexity index is 759. The van der Waals surface area contributed by atoms with Crippen LogP contribution in [0, 0.1) is 0 Å². The van der Waals surface area contributed by atoms with Crippen LogP contribution in [0.2, 0.25) is 0 Å². The topological polar surface area (TPSA) is 79.0 Å². The Hall–Kier alpha value is -1.80. The van der Waals surface area contributed by atoms with Gasteiger partial charge in [-0.3, -0.25) is 9.69 Å². The van der Waals surface area contributed by atoms with Crippen LogP contribution in [0.5, 0.6) is 5.75 Å². The molecule has 8 heteroatoms. The van der Waals surface area contributed by atoms with Gasteiger partial charge in [0.25, 0.3) is 0 Å². The van der Waals surface area contributed by atoms with E-state index in [4.69, 9.17) is 4.74 Å². The summed E-state index contributed by atoms with van der Waals surface area (Å²) in [6.07, 6.45) is 0.491. The SMILES string of the molecule is COc1cccc(N2CCN(CC(=O)N[C@]3(C)CCS(=O)(=O)C3)CC2)c1. The van der Waals surface area contributed by atoms with Crippen molar-refractivity contribution in [3.05, 3.63) is 24.3 Å². The second-order valence-corrected chi connectivity index (χ2v) is 9.60. The van der Waals surface area contributed by atoms with E-state index in [1.807, 2.05) is 25.1 Å². The first-order valence-electron chi connectivity index (χ1n) is 8.91. The van der Waals surface area contributed by atoms with E-state index in [1.54, 1.807) is 7.11 Å². The minimum absolute atomic E-state index is 0.0371. The quantitative estimate of drug-likeness (QED) is 0.801. The number of sulfone groups is 1. The lowest BCUT2D eigenvalue weighted by molar-refractivity contribution is -0.123. The normalized spacial score (nSPS) is 25.8. The molecule has 2 aliphatic heterocycles. The molecule has 0 aromatic heterocycles. The van der Waals surface area contributed by atoms with Gasteiger partial charge >= 0.3 is 0 Å². The molecule has 7 nitrogen and oxygen atoms in total. The van der Waals surface area contributed by atoms with Crippen molar-refractivity contribution in [2.45, 2.75) is 18.9 Å². The standard InChI is InChI=1S/C18H27N3O4S/c1-18(6-11-26(23,24)14-18)19-17(22)13-20-7-9-21(10-8-20)15-4-3-5-16(12-15)25-2/h3-5,12H,6-11,13-14H2,1-2H3,(H,19,22)/t18-/m1/s1. The molecule has 1 atom stereocenters. The lowest BCUT2D eigenvalue weighted by Crippen LogP contribution is -2.53. The van der Waals surface area contributed by atoms with Crippen LogP contribution in [0.15, 0.2) is 24.3 Å². The van der Waals surface area contributed by atoms with Crippen molar-refractivity contribution in [1.29, 1.82) is 0 Å². The number of anilines is 1. The molecule has 1 aromatic rings. The van der Waals surface area contributed by atoms with Crippen LogP contribution in [0.4, 0.5) is 5.69 Å². The summed E-state index contributed by atoms with van der Waals surface area (Å²) in [4.78, 5) is 16.7. The number of carbonyl (C=O) groups is 1. The zero-order valence-electron chi connectivity index (χ0n) is 15.4. The van der Waals surface area contributed by atoms with Gasteiger partial charge in [-0.1, -0.05) is 6.07 Å². The number of piperazine rings is 1. The Morgan fingerprint density at radius 1 is 1.27 bits per heavy atom. The highest BCUT2D eigenvalue weighted by Crippen LogP contribution is 2.23. The predicted octanol–water partition coefficient (Wildman–Crippen LogP) is 0.511. The fraction of sp³-hybridized carbons (Fsp3) is 0.611. The molecule has 0 spiro atoms. The highest BCUT2D eigenvalue weighted by Gasteiger charge is 2.39. The Morgan fingerprint density at radius 3 is 2.62 bits per heavy atom. The molecular weight excluding hydrogens is 354 g/mol. The van der Waals surface area contributed by atoms with E-state index in [0.29, 0.717) is 13.0 Å². The molecule has 1 amide bonds. The van der Waals surface area contributed by atoms with Crippen molar-refractivity contribution in [1.82, 2.24) is 10.2 Å². The molecule has 2 heterocycles. The average molecular weight is 381 g/mol. The maximum Gasteiger partial charge on any atom is 0.234 e. The minimum Gasteiger partial charge on any atom is -0.497 e. The number of rotatable bonds is 5. The van der Waals surface area contributed by atoms with E-state index in [2.05, 4.69) is 21.2 Å². The Kier molecular flexibility index (Phi) is 5.43. The molecular formula is C18H27N3O4S. The number of carbonyl (C=O) groups excluding carboxylic acids is 1. The van der Waals surface area contributed by atoms with Crippen molar-refractivity contribution in [3.63, 3.8) is 0 Å². The van der Waals surface area contributed by atoms with Crippen molar-refractivity contribution in [2.24, 2.45) is 0 Å². The van der Waals surface area contributed by atoms with Crippen molar-refractivity contribution in [2.75, 3.05) is 56.2 Å². The third-order valence-corrected chi connectivity index (χ3v) is 7.01. The van der Waals surface area contributed by atoms with E-state index in [1.165, 1.54) is 0 Å². The summed E-state index contributed by atoms with van der Waals surface area (Å²) in [5, 5.41) is 2.93. The first-order chi connectivity index (χ1) is 12.3. The molecule has 0 aliphatic carbocycles. The van der Waals surface area contributed by atoms with E-state index in [0.717, 1.165) is 37.6 Å². The largest absolute Gasteiger partial charge is 0.497 e. The molecule has 0 radical (unpaired) electrons. The Balaban J connectivity index is 1.48. The van der Waals surface area contributed by atoms with Crippen LogP contribution >= 0.6 is 0 Å². The van der Waals surface area contributed by atoms with E-state index >= 15 is 0 Å². The van der Waals surface area contributed by atoms with Gasteiger partial charge in [-0.15, -0.1) is 0 Å². The molecule has 0 bridgehead atoms. The maximum absolute atomic E-state index is 12.3. The van der Waals surface area contributed by atoms with Gasteiger partial charge in [-0.25, -0.2) is 8.42 Å². The summed E-state index contributed by atoms with van der Waals surface area (Å²) < 4.78 is 28.6. The minimum atomic E-state index is -3.02. The van der Waals surface area contributed by atoms with Crippen molar-refractivity contribution < 1.29 is 17.9 Å². The van der Waals surface area contributed by atoms with Gasteiger partial charge in [0.15, 0.2) is 9.84 Å². The highest BCUT2D eigenvalue weighted by atomic mass is 32.2. The molecule has 3 rings (SSSR count). The summed E-state index contributed by atoms with van der Waals surface area (Å²) >= 11 is 0. The summed E-state index contributed by atoms with van der Waals surface area (Å²) in [7, 11) is -1.36. The Labute approximate surface area is 155 Å². The molecule has 1 aromatic carbocycles. The van der Waals surface area contributed by atoms with Gasteiger partial charge in [0.2, 0.25) is 5.91 Å². The molecule has 0 unspecified atom stereocenters. The van der Waals surface area contributed by atoms with Crippen molar-refractivity contribution in [3.8, 4) is 5.75 Å². The molecule has 2 aliphatic rings. The molecule has 144 valence electrons. The zero-order chi connectivity index (χ0) is 18.8. The van der Waals surface area contributed by atoms with Crippen LogP contribution in [0.25, 0.3) is 0 Å². The van der Waals surface area contributed by atoms with Gasteiger partial charge in [0, 0.05) is 37.9 Å². The summed E-state index contributed by atoms with van der Waals surface area (Å²) in [6, 6.07) is 7.98. The van der Waals surface area contributed by atoms with Gasteiger partial charge in [0.1, 0.15) is 5.75 Å². The molecule has 1 N–H and O–H groups in total. The lowest BCUT2D eigenvalue weighted by Gasteiger charge is -2.36. The average Bonchev–Trinajstić information content (AvgIpc) is 2.88. The molecule has 0 saturated carbocycles. The smallest absolute Gasteiger partial charge is 0.234 e. The monoisotopic (exact) mass is 381 g/mol. The highest BCUT2D eigenvalue weighted by molar-refractivity contribution is 7.91. The first kappa shape index (κ1) is 19.0. The van der Waals surface area contributed by atoms with Crippen LogP contribution in [-0.4, -0.2) is 76.1 Å². The summed E-state index contributed by atoms with van der Waals surface area (Å²) in [5.41, 5.74) is 0.496. The van der Waals surface area contributed by atoms with Crippen molar-refractivity contribution >= 4 is 21.4 Å². The molecule has 2 fully saturated rings. The van der Waals surface area contributed by atoms with Gasteiger partial charge in [-0.2, -0.15) is 0 Å². The number of hydrogen-bond acceptors (Lipinski definition) is 6. The number of methoxy groups -OCH3 is 1. The summed E-state index contributed by atoms with van der Waals surface area (Å²) in [5.74, 6) is 0.932. The fourth-order valence-electron chi connectivity index (χ4n) is 3.66. The summed E-state index contributed by atoms with van der Waals surface area (Å²) in [6.45, 7) is 5.38. The second kappa shape index (κ2) is 7.44.